The Labute approximate surface area is 126 Å². The van der Waals surface area contributed by atoms with Crippen LogP contribution in [0.4, 0.5) is 0 Å². The Morgan fingerprint density at radius 1 is 1.10 bits per heavy atom. The number of carboxylic acids is 1. The molecule has 3 nitrogen and oxygen atoms in total. The number of hydrogen-bond acceptors (Lipinski definition) is 2. The molecular weight excluding hydrogens is 286 g/mol. The van der Waals surface area contributed by atoms with Crippen LogP contribution < -0.4 is 0 Å². The van der Waals surface area contributed by atoms with Crippen LogP contribution >= 0.6 is 11.6 Å². The molecule has 1 aromatic heterocycles. The maximum atomic E-state index is 10.9. The average Bonchev–Trinajstić information content (AvgIpc) is 2.49. The molecule has 3 aromatic rings. The molecule has 4 heteroatoms. The normalized spacial score (nSPS) is 10.7. The minimum Gasteiger partial charge on any atom is -0.478 e. The predicted molar refractivity (Wildman–Crippen MR) is 83.0 cm³/mol. The zero-order valence-electron chi connectivity index (χ0n) is 11.1. The Kier molecular flexibility index (Phi) is 3.59. The van der Waals surface area contributed by atoms with Crippen molar-refractivity contribution >= 4 is 28.5 Å². The fourth-order valence-corrected chi connectivity index (χ4v) is 2.47. The van der Waals surface area contributed by atoms with E-state index in [2.05, 4.69) is 4.98 Å². The lowest BCUT2D eigenvalue weighted by Crippen LogP contribution is -1.98. The molecule has 104 valence electrons. The topological polar surface area (TPSA) is 50.2 Å². The quantitative estimate of drug-likeness (QED) is 0.789. The number of aromatic carboxylic acids is 1. The van der Waals surface area contributed by atoms with Gasteiger partial charge in [0.05, 0.1) is 11.1 Å². The van der Waals surface area contributed by atoms with E-state index >= 15 is 0 Å². The molecule has 0 aliphatic carbocycles. The van der Waals surface area contributed by atoms with Gasteiger partial charge >= 0.3 is 5.97 Å². The highest BCUT2D eigenvalue weighted by atomic mass is 35.5. The number of para-hydroxylation sites is 1. The molecule has 2 aromatic carbocycles. The Morgan fingerprint density at radius 2 is 1.90 bits per heavy atom. The van der Waals surface area contributed by atoms with Crippen molar-refractivity contribution in [1.82, 2.24) is 4.98 Å². The largest absolute Gasteiger partial charge is 0.478 e. The van der Waals surface area contributed by atoms with Crippen LogP contribution in [0.5, 0.6) is 0 Å². The molecule has 0 amide bonds. The first-order valence-corrected chi connectivity index (χ1v) is 6.88. The number of nitrogens with zero attached hydrogens (tertiary/aromatic N) is 1. The summed E-state index contributed by atoms with van der Waals surface area (Å²) < 4.78 is 0. The summed E-state index contributed by atoms with van der Waals surface area (Å²) in [7, 11) is 0. The molecule has 1 heterocycles. The third kappa shape index (κ3) is 2.88. The highest BCUT2D eigenvalue weighted by Crippen LogP contribution is 2.21. The van der Waals surface area contributed by atoms with Crippen molar-refractivity contribution in [3.05, 3.63) is 76.4 Å². The summed E-state index contributed by atoms with van der Waals surface area (Å²) >= 11 is 6.15. The number of benzene rings is 2. The molecule has 0 saturated carbocycles. The number of carbonyl (C=O) groups is 1. The zero-order chi connectivity index (χ0) is 14.8. The molecule has 1 N–H and O–H groups in total. The fourth-order valence-electron chi connectivity index (χ4n) is 2.23. The van der Waals surface area contributed by atoms with Gasteiger partial charge in [0, 0.05) is 22.5 Å². The zero-order valence-corrected chi connectivity index (χ0v) is 11.8. The van der Waals surface area contributed by atoms with Crippen LogP contribution in [0.2, 0.25) is 5.02 Å². The molecular formula is C17H12ClNO2. The molecule has 0 aliphatic rings. The number of hydrogen-bond donors (Lipinski definition) is 1. The Balaban J connectivity index is 1.93. The van der Waals surface area contributed by atoms with Crippen LogP contribution in [-0.2, 0) is 6.42 Å². The second-order valence-electron chi connectivity index (χ2n) is 4.78. The fraction of sp³-hybridized carbons (Fsp3) is 0.0588. The highest BCUT2D eigenvalue weighted by molar-refractivity contribution is 6.31. The SMILES string of the molecule is O=C(O)c1ccc(Cc2ccc3ccccc3n2)c(Cl)c1. The lowest BCUT2D eigenvalue weighted by molar-refractivity contribution is 0.0697. The van der Waals surface area contributed by atoms with Crippen molar-refractivity contribution in [2.75, 3.05) is 0 Å². The molecule has 0 saturated heterocycles. The van der Waals surface area contributed by atoms with Gasteiger partial charge in [-0.25, -0.2) is 4.79 Å². The van der Waals surface area contributed by atoms with E-state index in [0.717, 1.165) is 22.2 Å². The van der Waals surface area contributed by atoms with Crippen LogP contribution in [0.1, 0.15) is 21.6 Å². The van der Waals surface area contributed by atoms with E-state index in [1.807, 2.05) is 36.4 Å². The molecule has 0 unspecified atom stereocenters. The van der Waals surface area contributed by atoms with E-state index in [1.54, 1.807) is 12.1 Å². The van der Waals surface area contributed by atoms with Crippen LogP contribution in [0, 0.1) is 0 Å². The maximum absolute atomic E-state index is 10.9. The summed E-state index contributed by atoms with van der Waals surface area (Å²) in [5.74, 6) is -0.979. The molecule has 0 bridgehead atoms. The Bertz CT molecular complexity index is 830. The lowest BCUT2D eigenvalue weighted by Gasteiger charge is -2.06. The number of rotatable bonds is 3. The van der Waals surface area contributed by atoms with Gasteiger partial charge in [0.25, 0.3) is 0 Å². The summed E-state index contributed by atoms with van der Waals surface area (Å²) in [5.41, 5.74) is 2.90. The van der Waals surface area contributed by atoms with E-state index in [1.165, 1.54) is 6.07 Å². The van der Waals surface area contributed by atoms with Crippen molar-refractivity contribution in [3.8, 4) is 0 Å². The monoisotopic (exact) mass is 297 g/mol. The molecule has 0 spiro atoms. The van der Waals surface area contributed by atoms with E-state index in [4.69, 9.17) is 16.7 Å². The van der Waals surface area contributed by atoms with Crippen molar-refractivity contribution < 1.29 is 9.90 Å². The van der Waals surface area contributed by atoms with Gasteiger partial charge in [-0.05, 0) is 29.8 Å². The summed E-state index contributed by atoms with van der Waals surface area (Å²) in [4.78, 5) is 15.5. The standard InChI is InChI=1S/C17H12ClNO2/c18-15-10-13(17(20)21)6-5-12(15)9-14-8-7-11-3-1-2-4-16(11)19-14/h1-8,10H,9H2,(H,20,21). The Hall–Kier alpha value is -2.39. The third-order valence-electron chi connectivity index (χ3n) is 3.33. The van der Waals surface area contributed by atoms with Crippen LogP contribution in [0.3, 0.4) is 0 Å². The number of aromatic nitrogens is 1. The van der Waals surface area contributed by atoms with Gasteiger partial charge in [-0.3, -0.25) is 4.98 Å². The smallest absolute Gasteiger partial charge is 0.335 e. The predicted octanol–water partition coefficient (Wildman–Crippen LogP) is 4.18. The average molecular weight is 298 g/mol. The summed E-state index contributed by atoms with van der Waals surface area (Å²) in [6, 6.07) is 16.7. The first-order chi connectivity index (χ1) is 10.1. The van der Waals surface area contributed by atoms with Crippen molar-refractivity contribution in [2.24, 2.45) is 0 Å². The van der Waals surface area contributed by atoms with Crippen molar-refractivity contribution in [3.63, 3.8) is 0 Å². The van der Waals surface area contributed by atoms with Gasteiger partial charge in [-0.2, -0.15) is 0 Å². The minimum absolute atomic E-state index is 0.190. The number of fused-ring (bicyclic) bond motifs is 1. The van der Waals surface area contributed by atoms with E-state index in [-0.39, 0.29) is 5.56 Å². The molecule has 0 aliphatic heterocycles. The number of carboxylic acid groups (broad SMARTS) is 1. The lowest BCUT2D eigenvalue weighted by atomic mass is 10.1. The van der Waals surface area contributed by atoms with Crippen LogP contribution in [0.15, 0.2) is 54.6 Å². The summed E-state index contributed by atoms with van der Waals surface area (Å²) in [5, 5.41) is 10.5. The first kappa shape index (κ1) is 13.6. The molecule has 21 heavy (non-hydrogen) atoms. The number of halogens is 1. The Morgan fingerprint density at radius 3 is 2.67 bits per heavy atom. The van der Waals surface area contributed by atoms with Gasteiger partial charge in [-0.1, -0.05) is 41.9 Å². The van der Waals surface area contributed by atoms with E-state index in [9.17, 15) is 4.79 Å². The van der Waals surface area contributed by atoms with E-state index < -0.39 is 5.97 Å². The summed E-state index contributed by atoms with van der Waals surface area (Å²) in [6.45, 7) is 0. The van der Waals surface area contributed by atoms with Crippen LogP contribution in [0.25, 0.3) is 10.9 Å². The second-order valence-corrected chi connectivity index (χ2v) is 5.19. The van der Waals surface area contributed by atoms with Crippen molar-refractivity contribution in [2.45, 2.75) is 6.42 Å². The maximum Gasteiger partial charge on any atom is 0.335 e. The van der Waals surface area contributed by atoms with Gasteiger partial charge in [0.2, 0.25) is 0 Å². The van der Waals surface area contributed by atoms with Gasteiger partial charge < -0.3 is 5.11 Å². The number of pyridine rings is 1. The second kappa shape index (κ2) is 5.54. The van der Waals surface area contributed by atoms with Crippen molar-refractivity contribution in [1.29, 1.82) is 0 Å². The van der Waals surface area contributed by atoms with Gasteiger partial charge in [-0.15, -0.1) is 0 Å². The molecule has 0 fully saturated rings. The summed E-state index contributed by atoms with van der Waals surface area (Å²) in [6.07, 6.45) is 0.573. The molecule has 0 radical (unpaired) electrons. The van der Waals surface area contributed by atoms with Gasteiger partial charge in [0.1, 0.15) is 0 Å². The highest BCUT2D eigenvalue weighted by Gasteiger charge is 2.08. The van der Waals surface area contributed by atoms with Gasteiger partial charge in [0.15, 0.2) is 0 Å². The third-order valence-corrected chi connectivity index (χ3v) is 3.68. The molecule has 0 atom stereocenters. The molecule has 3 rings (SSSR count). The van der Waals surface area contributed by atoms with E-state index in [0.29, 0.717) is 11.4 Å². The van der Waals surface area contributed by atoms with Crippen LogP contribution in [-0.4, -0.2) is 16.1 Å². The minimum atomic E-state index is -0.979. The first-order valence-electron chi connectivity index (χ1n) is 6.50.